The Morgan fingerprint density at radius 1 is 0.774 bits per heavy atom. The maximum Gasteiger partial charge on any atom is 0.139 e. The van der Waals surface area contributed by atoms with Gasteiger partial charge in [-0.15, -0.1) is 0 Å². The second-order valence-electron chi connectivity index (χ2n) is 7.38. The van der Waals surface area contributed by atoms with Gasteiger partial charge in [-0.3, -0.25) is 0 Å². The van der Waals surface area contributed by atoms with Crippen molar-refractivity contribution in [2.24, 2.45) is 0 Å². The van der Waals surface area contributed by atoms with E-state index in [0.29, 0.717) is 11.4 Å². The molecular formula is C22H20GaN2O6-2. The van der Waals surface area contributed by atoms with Crippen molar-refractivity contribution < 1.29 is 30.0 Å². The summed E-state index contributed by atoms with van der Waals surface area (Å²) < 4.78 is 0. The molecule has 8 nitrogen and oxygen atoms in total. The van der Waals surface area contributed by atoms with Crippen molar-refractivity contribution >= 4 is 55.3 Å². The van der Waals surface area contributed by atoms with Crippen LogP contribution >= 0.6 is 0 Å². The molecule has 2 aliphatic rings. The first-order valence-electron chi connectivity index (χ1n) is 9.07. The van der Waals surface area contributed by atoms with Gasteiger partial charge in [0.2, 0.25) is 0 Å². The fraction of sp³-hybridized carbons (Fsp3) is 0.182. The molecule has 2 aliphatic heterocycles. The molecule has 4 rings (SSSR count). The number of benzene rings is 2. The molecule has 0 fully saturated rings. The van der Waals surface area contributed by atoms with Gasteiger partial charge in [0.1, 0.15) is 11.5 Å². The number of rotatable bonds is 2. The molecule has 0 bridgehead atoms. The van der Waals surface area contributed by atoms with Gasteiger partial charge < -0.3 is 40.6 Å². The monoisotopic (exact) mass is 477 g/mol. The largest absolute Gasteiger partial charge is 0.547 e. The van der Waals surface area contributed by atoms with Gasteiger partial charge in [0.05, 0.1) is 34.4 Å². The number of carbonyl (C=O) groups is 2. The standard InChI is InChI=1S/2C11H11NO3.Ga/c2*1-11(10(14)15)6-5-7-3-2-4-8(13)9(7)12-11;/h2*2-6,12-13H,1H3,(H,14,15);/p-2. The van der Waals surface area contributed by atoms with E-state index in [4.69, 9.17) is 0 Å². The summed E-state index contributed by atoms with van der Waals surface area (Å²) in [5.41, 5.74) is -0.182. The van der Waals surface area contributed by atoms with E-state index < -0.39 is 23.0 Å². The zero-order valence-corrected chi connectivity index (χ0v) is 19.3. The van der Waals surface area contributed by atoms with Crippen LogP contribution in [-0.2, 0) is 9.59 Å². The molecule has 0 amide bonds. The van der Waals surface area contributed by atoms with E-state index >= 15 is 0 Å². The van der Waals surface area contributed by atoms with E-state index in [2.05, 4.69) is 10.6 Å². The maximum absolute atomic E-state index is 10.9. The number of anilines is 2. The quantitative estimate of drug-likeness (QED) is 0.357. The van der Waals surface area contributed by atoms with E-state index in [-0.39, 0.29) is 31.3 Å². The minimum atomic E-state index is -1.27. The molecule has 159 valence electrons. The molecule has 2 aromatic carbocycles. The van der Waals surface area contributed by atoms with Gasteiger partial charge in [0.15, 0.2) is 0 Å². The number of hydrogen-bond donors (Lipinski definition) is 4. The number of phenolic OH excluding ortho intramolecular Hbond substituents is 2. The van der Waals surface area contributed by atoms with E-state index in [1.807, 2.05) is 0 Å². The number of para-hydroxylation sites is 2. The van der Waals surface area contributed by atoms with Crippen molar-refractivity contribution in [1.29, 1.82) is 0 Å². The molecule has 2 atom stereocenters. The van der Waals surface area contributed by atoms with Crippen LogP contribution in [-0.4, -0.2) is 53.0 Å². The van der Waals surface area contributed by atoms with Crippen LogP contribution in [0.1, 0.15) is 25.0 Å². The molecule has 0 aliphatic carbocycles. The van der Waals surface area contributed by atoms with Crippen LogP contribution in [0.2, 0.25) is 0 Å². The van der Waals surface area contributed by atoms with Gasteiger partial charge in [-0.25, -0.2) is 0 Å². The summed E-state index contributed by atoms with van der Waals surface area (Å²) >= 11 is 0. The van der Waals surface area contributed by atoms with Gasteiger partial charge in [-0.2, -0.15) is 0 Å². The first-order chi connectivity index (χ1) is 14.1. The third kappa shape index (κ3) is 4.73. The predicted molar refractivity (Wildman–Crippen MR) is 114 cm³/mol. The molecule has 0 spiro atoms. The van der Waals surface area contributed by atoms with Crippen LogP contribution in [0.4, 0.5) is 11.4 Å². The van der Waals surface area contributed by atoms with E-state index in [9.17, 15) is 30.0 Å². The Labute approximate surface area is 192 Å². The van der Waals surface area contributed by atoms with Gasteiger partial charge >= 0.3 is 0 Å². The predicted octanol–water partition coefficient (Wildman–Crippen LogP) is 0.298. The molecular weight excluding hydrogens is 458 g/mol. The molecule has 2 heterocycles. The molecule has 9 heteroatoms. The number of phenols is 2. The normalized spacial score (nSPS) is 22.3. The van der Waals surface area contributed by atoms with Crippen molar-refractivity contribution in [2.75, 3.05) is 10.6 Å². The molecule has 2 unspecified atom stereocenters. The van der Waals surface area contributed by atoms with Crippen molar-refractivity contribution in [2.45, 2.75) is 24.9 Å². The number of carbonyl (C=O) groups excluding carboxylic acids is 2. The van der Waals surface area contributed by atoms with Crippen LogP contribution in [0.5, 0.6) is 11.5 Å². The molecule has 4 N–H and O–H groups in total. The van der Waals surface area contributed by atoms with Crippen LogP contribution in [0.15, 0.2) is 48.6 Å². The second-order valence-corrected chi connectivity index (χ2v) is 7.38. The number of aromatic hydroxyl groups is 2. The molecule has 0 aromatic heterocycles. The number of aliphatic carboxylic acids is 2. The first kappa shape index (κ1) is 24.0. The van der Waals surface area contributed by atoms with Gasteiger partial charge in [-0.05, 0) is 26.0 Å². The zero-order chi connectivity index (χ0) is 22.1. The topological polar surface area (TPSA) is 145 Å². The van der Waals surface area contributed by atoms with Crippen LogP contribution < -0.4 is 20.8 Å². The van der Waals surface area contributed by atoms with E-state index in [0.717, 1.165) is 11.1 Å². The van der Waals surface area contributed by atoms with Crippen LogP contribution in [0, 0.1) is 0 Å². The van der Waals surface area contributed by atoms with Crippen molar-refractivity contribution in [3.63, 3.8) is 0 Å². The smallest absolute Gasteiger partial charge is 0.139 e. The summed E-state index contributed by atoms with van der Waals surface area (Å²) in [6.45, 7) is 2.96. The molecule has 2 aromatic rings. The Kier molecular flexibility index (Phi) is 6.82. The summed E-state index contributed by atoms with van der Waals surface area (Å²) in [6.07, 6.45) is 6.32. The number of hydrogen-bond acceptors (Lipinski definition) is 8. The Hall–Kier alpha value is -3.30. The molecule has 0 saturated heterocycles. The van der Waals surface area contributed by atoms with Gasteiger partial charge in [-0.1, -0.05) is 48.6 Å². The molecule has 0 saturated carbocycles. The first-order valence-corrected chi connectivity index (χ1v) is 9.07. The Morgan fingerprint density at radius 2 is 1.13 bits per heavy atom. The third-order valence-electron chi connectivity index (χ3n) is 4.96. The summed E-state index contributed by atoms with van der Waals surface area (Å²) in [4.78, 5) is 21.8. The number of nitrogens with one attached hydrogen (secondary N) is 2. The fourth-order valence-electron chi connectivity index (χ4n) is 3.02. The van der Waals surface area contributed by atoms with E-state index in [1.54, 1.807) is 36.4 Å². The second kappa shape index (κ2) is 8.82. The Morgan fingerprint density at radius 3 is 1.45 bits per heavy atom. The third-order valence-corrected chi connectivity index (χ3v) is 4.96. The molecule has 3 radical (unpaired) electrons. The average Bonchev–Trinajstić information content (AvgIpc) is 2.70. The van der Waals surface area contributed by atoms with Crippen LogP contribution in [0.25, 0.3) is 12.2 Å². The minimum absolute atomic E-state index is 0. The summed E-state index contributed by atoms with van der Waals surface area (Å²) in [5, 5.41) is 46.4. The summed E-state index contributed by atoms with van der Waals surface area (Å²) in [7, 11) is 0. The number of carboxylic acid groups (broad SMARTS) is 2. The summed E-state index contributed by atoms with van der Waals surface area (Å²) in [6, 6.07) is 9.96. The maximum atomic E-state index is 10.9. The van der Waals surface area contributed by atoms with Gasteiger partial charge in [0, 0.05) is 30.9 Å². The minimum Gasteiger partial charge on any atom is -0.547 e. The van der Waals surface area contributed by atoms with Crippen molar-refractivity contribution in [3.8, 4) is 11.5 Å². The van der Waals surface area contributed by atoms with Crippen LogP contribution in [0.3, 0.4) is 0 Å². The van der Waals surface area contributed by atoms with Crippen molar-refractivity contribution in [1.82, 2.24) is 0 Å². The number of fused-ring (bicyclic) bond motifs is 2. The number of carboxylic acids is 2. The molecule has 31 heavy (non-hydrogen) atoms. The van der Waals surface area contributed by atoms with Crippen molar-refractivity contribution in [3.05, 3.63) is 59.7 Å². The Bertz CT molecular complexity index is 998. The summed E-state index contributed by atoms with van der Waals surface area (Å²) in [5.74, 6) is -2.39. The van der Waals surface area contributed by atoms with Gasteiger partial charge in [0.25, 0.3) is 0 Å². The Balaban J connectivity index is 0.000000213. The average molecular weight is 478 g/mol. The van der Waals surface area contributed by atoms with E-state index in [1.165, 1.54) is 38.1 Å². The zero-order valence-electron chi connectivity index (χ0n) is 16.9. The SMILES string of the molecule is CC1(C(=O)[O-])C=Cc2cccc(O)c2N1.CC1(C(=O)[O-])C=Cc2cccc(O)c2N1.[Ga]. The fourth-order valence-corrected chi connectivity index (χ4v) is 3.02.